The van der Waals surface area contributed by atoms with Gasteiger partial charge in [-0.05, 0) is 24.3 Å². The molecule has 20 heavy (non-hydrogen) atoms. The molecule has 100 valence electrons. The Bertz CT molecular complexity index is 747. The molecule has 0 aliphatic carbocycles. The normalized spacial score (nSPS) is 11.3. The van der Waals surface area contributed by atoms with Crippen molar-refractivity contribution in [1.29, 1.82) is 0 Å². The van der Waals surface area contributed by atoms with Gasteiger partial charge >= 0.3 is 0 Å². The fourth-order valence-corrected chi connectivity index (χ4v) is 2.23. The summed E-state index contributed by atoms with van der Waals surface area (Å²) >= 11 is 11.9. The van der Waals surface area contributed by atoms with Crippen LogP contribution in [0.5, 0.6) is 0 Å². The molecule has 0 aliphatic rings. The summed E-state index contributed by atoms with van der Waals surface area (Å²) in [6, 6.07) is 13.0. The number of H-pyrrole nitrogens is 1. The molecule has 3 rings (SSSR count). The summed E-state index contributed by atoms with van der Waals surface area (Å²) in [5.74, 6) is 0.576. The lowest BCUT2D eigenvalue weighted by molar-refractivity contribution is 1.21. The van der Waals surface area contributed by atoms with Gasteiger partial charge in [-0.3, -0.25) is 0 Å². The van der Waals surface area contributed by atoms with Crippen LogP contribution in [0.4, 0.5) is 5.95 Å². The van der Waals surface area contributed by atoms with Crippen LogP contribution in [-0.2, 0) is 0 Å². The van der Waals surface area contributed by atoms with Crippen molar-refractivity contribution in [3.8, 4) is 0 Å². The highest BCUT2D eigenvalue weighted by Gasteiger charge is 2.00. The van der Waals surface area contributed by atoms with E-state index in [1.54, 1.807) is 24.4 Å². The van der Waals surface area contributed by atoms with E-state index in [1.807, 2.05) is 24.3 Å². The second kappa shape index (κ2) is 5.53. The summed E-state index contributed by atoms with van der Waals surface area (Å²) in [6.45, 7) is 0. The van der Waals surface area contributed by atoms with E-state index in [0.717, 1.165) is 16.6 Å². The molecule has 1 heterocycles. The highest BCUT2D eigenvalue weighted by atomic mass is 35.5. The second-order valence-corrected chi connectivity index (χ2v) is 4.98. The summed E-state index contributed by atoms with van der Waals surface area (Å²) in [4.78, 5) is 7.46. The van der Waals surface area contributed by atoms with Crippen molar-refractivity contribution in [3.05, 3.63) is 58.1 Å². The van der Waals surface area contributed by atoms with E-state index in [1.165, 1.54) is 0 Å². The smallest absolute Gasteiger partial charge is 0.222 e. The zero-order valence-electron chi connectivity index (χ0n) is 10.3. The van der Waals surface area contributed by atoms with Gasteiger partial charge in [-0.1, -0.05) is 41.4 Å². The number of benzene rings is 2. The average molecular weight is 305 g/mol. The van der Waals surface area contributed by atoms with Crippen molar-refractivity contribution in [2.24, 2.45) is 5.10 Å². The highest BCUT2D eigenvalue weighted by Crippen LogP contribution is 2.19. The highest BCUT2D eigenvalue weighted by molar-refractivity contribution is 6.36. The monoisotopic (exact) mass is 304 g/mol. The van der Waals surface area contributed by atoms with Crippen molar-refractivity contribution in [1.82, 2.24) is 9.97 Å². The lowest BCUT2D eigenvalue weighted by Gasteiger charge is -1.98. The predicted octanol–water partition coefficient (Wildman–Crippen LogP) is 4.32. The fraction of sp³-hybridized carbons (Fsp3) is 0. The minimum atomic E-state index is 0.549. The Balaban J connectivity index is 1.76. The molecular formula is C14H10Cl2N4. The van der Waals surface area contributed by atoms with Crippen LogP contribution in [0.2, 0.25) is 10.0 Å². The SMILES string of the molecule is Clc1ccc(C=NNc2nc3ccccc3[nH]2)c(Cl)c1. The van der Waals surface area contributed by atoms with Crippen molar-refractivity contribution in [2.75, 3.05) is 5.43 Å². The number of para-hydroxylation sites is 2. The number of fused-ring (bicyclic) bond motifs is 1. The number of rotatable bonds is 3. The molecule has 0 aliphatic heterocycles. The third-order valence-electron chi connectivity index (χ3n) is 2.73. The quantitative estimate of drug-likeness (QED) is 0.559. The van der Waals surface area contributed by atoms with E-state index < -0.39 is 0 Å². The number of aromatic nitrogens is 2. The van der Waals surface area contributed by atoms with E-state index in [-0.39, 0.29) is 0 Å². The van der Waals surface area contributed by atoms with Crippen LogP contribution in [0.25, 0.3) is 11.0 Å². The Morgan fingerprint density at radius 2 is 2.00 bits per heavy atom. The number of halogens is 2. The summed E-state index contributed by atoms with van der Waals surface area (Å²) in [5, 5.41) is 5.24. The molecule has 2 N–H and O–H groups in total. The summed E-state index contributed by atoms with van der Waals surface area (Å²) < 4.78 is 0. The molecule has 0 fully saturated rings. The maximum atomic E-state index is 6.05. The largest absolute Gasteiger partial charge is 0.323 e. The van der Waals surface area contributed by atoms with Gasteiger partial charge in [-0.15, -0.1) is 0 Å². The maximum Gasteiger partial charge on any atom is 0.222 e. The van der Waals surface area contributed by atoms with E-state index >= 15 is 0 Å². The van der Waals surface area contributed by atoms with Gasteiger partial charge in [0.25, 0.3) is 0 Å². The van der Waals surface area contributed by atoms with Crippen LogP contribution in [0.15, 0.2) is 47.6 Å². The lowest BCUT2D eigenvalue weighted by Crippen LogP contribution is -1.92. The van der Waals surface area contributed by atoms with Crippen LogP contribution in [0.3, 0.4) is 0 Å². The molecule has 0 unspecified atom stereocenters. The number of aromatic amines is 1. The van der Waals surface area contributed by atoms with Gasteiger partial charge in [0.2, 0.25) is 5.95 Å². The van der Waals surface area contributed by atoms with Crippen LogP contribution >= 0.6 is 23.2 Å². The first-order chi connectivity index (χ1) is 9.72. The van der Waals surface area contributed by atoms with E-state index in [4.69, 9.17) is 23.2 Å². The van der Waals surface area contributed by atoms with E-state index in [0.29, 0.717) is 16.0 Å². The molecule has 0 saturated heterocycles. The lowest BCUT2D eigenvalue weighted by atomic mass is 10.2. The minimum Gasteiger partial charge on any atom is -0.323 e. The third-order valence-corrected chi connectivity index (χ3v) is 3.29. The number of hydrogen-bond donors (Lipinski definition) is 2. The summed E-state index contributed by atoms with van der Waals surface area (Å²) in [6.07, 6.45) is 1.62. The summed E-state index contributed by atoms with van der Waals surface area (Å²) in [5.41, 5.74) is 5.45. The van der Waals surface area contributed by atoms with Gasteiger partial charge < -0.3 is 4.98 Å². The Morgan fingerprint density at radius 3 is 2.80 bits per heavy atom. The predicted molar refractivity (Wildman–Crippen MR) is 83.8 cm³/mol. The third kappa shape index (κ3) is 2.76. The van der Waals surface area contributed by atoms with Crippen molar-refractivity contribution < 1.29 is 0 Å². The summed E-state index contributed by atoms with van der Waals surface area (Å²) in [7, 11) is 0. The number of hydrogen-bond acceptors (Lipinski definition) is 3. The van der Waals surface area contributed by atoms with Crippen molar-refractivity contribution in [3.63, 3.8) is 0 Å². The topological polar surface area (TPSA) is 53.1 Å². The molecule has 4 nitrogen and oxygen atoms in total. The molecule has 0 atom stereocenters. The zero-order chi connectivity index (χ0) is 13.9. The van der Waals surface area contributed by atoms with Gasteiger partial charge in [0.1, 0.15) is 0 Å². The Kier molecular flexibility index (Phi) is 3.58. The molecule has 0 bridgehead atoms. The van der Waals surface area contributed by atoms with Crippen molar-refractivity contribution >= 4 is 46.4 Å². The van der Waals surface area contributed by atoms with E-state index in [2.05, 4.69) is 20.5 Å². The molecule has 2 aromatic carbocycles. The van der Waals surface area contributed by atoms with Gasteiger partial charge in [-0.2, -0.15) is 5.10 Å². The standard InChI is InChI=1S/C14H10Cl2N4/c15-10-6-5-9(11(16)7-10)8-17-20-14-18-12-3-1-2-4-13(12)19-14/h1-8H,(H2,18,19,20). The van der Waals surface area contributed by atoms with Gasteiger partial charge in [-0.25, -0.2) is 10.4 Å². The first-order valence-electron chi connectivity index (χ1n) is 5.91. The van der Waals surface area contributed by atoms with Crippen LogP contribution in [0.1, 0.15) is 5.56 Å². The van der Waals surface area contributed by atoms with E-state index in [9.17, 15) is 0 Å². The van der Waals surface area contributed by atoms with Gasteiger partial charge in [0.05, 0.1) is 22.3 Å². The Hall–Kier alpha value is -2.04. The van der Waals surface area contributed by atoms with Crippen LogP contribution in [0, 0.1) is 0 Å². The fourth-order valence-electron chi connectivity index (χ4n) is 1.77. The van der Waals surface area contributed by atoms with Crippen LogP contribution < -0.4 is 5.43 Å². The molecule has 0 radical (unpaired) electrons. The van der Waals surface area contributed by atoms with Gasteiger partial charge in [0.15, 0.2) is 0 Å². The first-order valence-corrected chi connectivity index (χ1v) is 6.67. The zero-order valence-corrected chi connectivity index (χ0v) is 11.8. The molecule has 1 aromatic heterocycles. The van der Waals surface area contributed by atoms with Crippen molar-refractivity contribution in [2.45, 2.75) is 0 Å². The number of imidazole rings is 1. The minimum absolute atomic E-state index is 0.549. The first kappa shape index (κ1) is 13.0. The van der Waals surface area contributed by atoms with Crippen LogP contribution in [-0.4, -0.2) is 16.2 Å². The Morgan fingerprint density at radius 1 is 1.15 bits per heavy atom. The number of nitrogens with zero attached hydrogens (tertiary/aromatic N) is 2. The second-order valence-electron chi connectivity index (χ2n) is 4.14. The van der Waals surface area contributed by atoms with Gasteiger partial charge in [0, 0.05) is 10.6 Å². The molecule has 6 heteroatoms. The molecule has 0 amide bonds. The molecular weight excluding hydrogens is 295 g/mol. The average Bonchev–Trinajstić information content (AvgIpc) is 2.84. The molecule has 0 saturated carbocycles. The Labute approximate surface area is 125 Å². The molecule has 0 spiro atoms. The number of anilines is 1. The number of nitrogens with one attached hydrogen (secondary N) is 2. The number of hydrazone groups is 1. The maximum absolute atomic E-state index is 6.05. The molecule has 3 aromatic rings.